The smallest absolute Gasteiger partial charge is 0.307 e. The number of ether oxygens (including phenoxy) is 1. The van der Waals surface area contributed by atoms with Crippen LogP contribution in [-0.4, -0.2) is 24.3 Å². The Morgan fingerprint density at radius 3 is 3.11 bits per heavy atom. The van der Waals surface area contributed by atoms with Crippen molar-refractivity contribution in [2.75, 3.05) is 13.2 Å². The third-order valence-electron chi connectivity index (χ3n) is 1.16. The highest BCUT2D eigenvalue weighted by Gasteiger charge is 2.07. The molecule has 0 saturated heterocycles. The Hall–Kier alpha value is -0.830. The lowest BCUT2D eigenvalue weighted by Gasteiger charge is -1.92. The zero-order valence-electron chi connectivity index (χ0n) is 4.96. The normalized spacial score (nSPS) is 17.6. The van der Waals surface area contributed by atoms with Gasteiger partial charge in [-0.3, -0.25) is 4.79 Å². The molecule has 0 fully saturated rings. The lowest BCUT2D eigenvalue weighted by Crippen LogP contribution is -1.98. The molecule has 0 aliphatic carbocycles. The van der Waals surface area contributed by atoms with Crippen LogP contribution >= 0.6 is 0 Å². The van der Waals surface area contributed by atoms with Crippen molar-refractivity contribution in [2.45, 2.75) is 6.42 Å². The summed E-state index contributed by atoms with van der Waals surface area (Å²) in [7, 11) is 0. The maximum Gasteiger partial charge on any atom is 0.307 e. The first-order chi connectivity index (χ1) is 4.29. The molecule has 3 nitrogen and oxygen atoms in total. The van der Waals surface area contributed by atoms with Gasteiger partial charge in [0.2, 0.25) is 0 Å². The third kappa shape index (κ3) is 1.85. The van der Waals surface area contributed by atoms with Crippen molar-refractivity contribution in [2.24, 2.45) is 0 Å². The van der Waals surface area contributed by atoms with E-state index in [0.29, 0.717) is 13.2 Å². The van der Waals surface area contributed by atoms with Gasteiger partial charge in [0.25, 0.3) is 0 Å². The Kier molecular flexibility index (Phi) is 1.85. The van der Waals surface area contributed by atoms with Gasteiger partial charge in [0, 0.05) is 0 Å². The second-order valence-electron chi connectivity index (χ2n) is 1.95. The molecular weight excluding hydrogens is 120 g/mol. The highest BCUT2D eigenvalue weighted by molar-refractivity contribution is 5.70. The fourth-order valence-corrected chi connectivity index (χ4v) is 0.743. The summed E-state index contributed by atoms with van der Waals surface area (Å²) in [6.07, 6.45) is 1.94. The standard InChI is InChI=1S/C6H8O3/c7-6(8)3-5-1-2-9-4-5/h1H,2-4H2,(H,7,8). The predicted molar refractivity (Wildman–Crippen MR) is 31.2 cm³/mol. The van der Waals surface area contributed by atoms with E-state index in [1.165, 1.54) is 0 Å². The molecule has 0 atom stereocenters. The van der Waals surface area contributed by atoms with Crippen LogP contribution in [0.25, 0.3) is 0 Å². The van der Waals surface area contributed by atoms with Gasteiger partial charge >= 0.3 is 5.97 Å². The first-order valence-electron chi connectivity index (χ1n) is 2.76. The molecule has 0 saturated carbocycles. The van der Waals surface area contributed by atoms with E-state index in [4.69, 9.17) is 9.84 Å². The average molecular weight is 128 g/mol. The Morgan fingerprint density at radius 1 is 1.89 bits per heavy atom. The molecule has 1 rings (SSSR count). The Labute approximate surface area is 52.9 Å². The number of carboxylic acids is 1. The van der Waals surface area contributed by atoms with Crippen molar-refractivity contribution in [3.8, 4) is 0 Å². The summed E-state index contributed by atoms with van der Waals surface area (Å²) in [4.78, 5) is 10.1. The molecule has 9 heavy (non-hydrogen) atoms. The molecule has 3 heteroatoms. The van der Waals surface area contributed by atoms with E-state index >= 15 is 0 Å². The average Bonchev–Trinajstić information content (AvgIpc) is 2.15. The molecule has 1 aliphatic heterocycles. The summed E-state index contributed by atoms with van der Waals surface area (Å²) < 4.78 is 4.90. The predicted octanol–water partition coefficient (Wildman–Crippen LogP) is 0.418. The van der Waals surface area contributed by atoms with Crippen LogP contribution in [-0.2, 0) is 9.53 Å². The van der Waals surface area contributed by atoms with E-state index < -0.39 is 5.97 Å². The van der Waals surface area contributed by atoms with Gasteiger partial charge in [0.1, 0.15) is 0 Å². The minimum absolute atomic E-state index is 0.125. The van der Waals surface area contributed by atoms with Crippen molar-refractivity contribution >= 4 is 5.97 Å². The van der Waals surface area contributed by atoms with Crippen molar-refractivity contribution in [3.05, 3.63) is 11.6 Å². The van der Waals surface area contributed by atoms with Crippen LogP contribution in [0.3, 0.4) is 0 Å². The summed E-state index contributed by atoms with van der Waals surface area (Å²) in [5, 5.41) is 8.28. The number of carboxylic acid groups (broad SMARTS) is 1. The first-order valence-corrected chi connectivity index (χ1v) is 2.76. The first kappa shape index (κ1) is 6.29. The molecule has 0 unspecified atom stereocenters. The molecule has 1 aliphatic rings. The second kappa shape index (κ2) is 2.64. The fourth-order valence-electron chi connectivity index (χ4n) is 0.743. The summed E-state index contributed by atoms with van der Waals surface area (Å²) in [6, 6.07) is 0. The topological polar surface area (TPSA) is 46.5 Å². The van der Waals surface area contributed by atoms with Gasteiger partial charge in [0.15, 0.2) is 0 Å². The van der Waals surface area contributed by atoms with Gasteiger partial charge in [-0.05, 0) is 5.57 Å². The zero-order valence-corrected chi connectivity index (χ0v) is 4.96. The van der Waals surface area contributed by atoms with E-state index in [2.05, 4.69) is 0 Å². The molecular formula is C6H8O3. The monoisotopic (exact) mass is 128 g/mol. The second-order valence-corrected chi connectivity index (χ2v) is 1.95. The summed E-state index contributed by atoms with van der Waals surface area (Å²) in [6.45, 7) is 1.06. The minimum atomic E-state index is -0.785. The molecule has 0 aromatic carbocycles. The number of carbonyl (C=O) groups is 1. The highest BCUT2D eigenvalue weighted by atomic mass is 16.5. The largest absolute Gasteiger partial charge is 0.481 e. The Bertz CT molecular complexity index is 148. The highest BCUT2D eigenvalue weighted by Crippen LogP contribution is 2.07. The van der Waals surface area contributed by atoms with Crippen LogP contribution in [0.5, 0.6) is 0 Å². The van der Waals surface area contributed by atoms with Crippen LogP contribution in [0.2, 0.25) is 0 Å². The SMILES string of the molecule is O=C(O)CC1=CCOC1. The lowest BCUT2D eigenvalue weighted by atomic mass is 10.2. The number of aliphatic carboxylic acids is 1. The van der Waals surface area contributed by atoms with Gasteiger partial charge in [-0.25, -0.2) is 0 Å². The van der Waals surface area contributed by atoms with Gasteiger partial charge in [0.05, 0.1) is 19.6 Å². The molecule has 0 amide bonds. The van der Waals surface area contributed by atoms with Gasteiger partial charge in [-0.15, -0.1) is 0 Å². The van der Waals surface area contributed by atoms with E-state index in [0.717, 1.165) is 5.57 Å². The van der Waals surface area contributed by atoms with E-state index in [9.17, 15) is 4.79 Å². The Balaban J connectivity index is 2.35. The van der Waals surface area contributed by atoms with E-state index in [1.807, 2.05) is 6.08 Å². The number of hydrogen-bond acceptors (Lipinski definition) is 2. The summed E-state index contributed by atoms with van der Waals surface area (Å²) >= 11 is 0. The molecule has 0 spiro atoms. The van der Waals surface area contributed by atoms with Crippen molar-refractivity contribution in [1.29, 1.82) is 0 Å². The number of hydrogen-bond donors (Lipinski definition) is 1. The van der Waals surface area contributed by atoms with Crippen molar-refractivity contribution in [3.63, 3.8) is 0 Å². The van der Waals surface area contributed by atoms with Gasteiger partial charge in [-0.1, -0.05) is 6.08 Å². The Morgan fingerprint density at radius 2 is 2.67 bits per heavy atom. The molecule has 0 radical (unpaired) electrons. The molecule has 50 valence electrons. The van der Waals surface area contributed by atoms with Crippen molar-refractivity contribution in [1.82, 2.24) is 0 Å². The maximum absolute atomic E-state index is 10.1. The number of rotatable bonds is 2. The molecule has 0 aromatic heterocycles. The van der Waals surface area contributed by atoms with Gasteiger partial charge < -0.3 is 9.84 Å². The van der Waals surface area contributed by atoms with Crippen LogP contribution < -0.4 is 0 Å². The lowest BCUT2D eigenvalue weighted by molar-refractivity contribution is -0.136. The summed E-state index contributed by atoms with van der Waals surface area (Å²) in [5.74, 6) is -0.785. The minimum Gasteiger partial charge on any atom is -0.481 e. The van der Waals surface area contributed by atoms with E-state index in [-0.39, 0.29) is 6.42 Å². The summed E-state index contributed by atoms with van der Waals surface area (Å²) in [5.41, 5.74) is 0.877. The van der Waals surface area contributed by atoms with E-state index in [1.54, 1.807) is 0 Å². The molecule has 0 bridgehead atoms. The van der Waals surface area contributed by atoms with Crippen molar-refractivity contribution < 1.29 is 14.6 Å². The van der Waals surface area contributed by atoms with Crippen LogP contribution in [0.4, 0.5) is 0 Å². The molecule has 1 N–H and O–H groups in total. The third-order valence-corrected chi connectivity index (χ3v) is 1.16. The quantitative estimate of drug-likeness (QED) is 0.548. The molecule has 1 heterocycles. The van der Waals surface area contributed by atoms with Crippen LogP contribution in [0.1, 0.15) is 6.42 Å². The van der Waals surface area contributed by atoms with Crippen LogP contribution in [0, 0.1) is 0 Å². The van der Waals surface area contributed by atoms with Crippen LogP contribution in [0.15, 0.2) is 11.6 Å². The molecule has 0 aromatic rings. The van der Waals surface area contributed by atoms with Gasteiger partial charge in [-0.2, -0.15) is 0 Å². The maximum atomic E-state index is 10.1. The fraction of sp³-hybridized carbons (Fsp3) is 0.500. The zero-order chi connectivity index (χ0) is 6.69.